The molecule has 7 heteroatoms. The number of benzene rings is 3. The van der Waals surface area contributed by atoms with Crippen molar-refractivity contribution >= 4 is 17.8 Å². The van der Waals surface area contributed by atoms with Gasteiger partial charge in [-0.25, -0.2) is 4.79 Å². The van der Waals surface area contributed by atoms with Crippen LogP contribution in [0, 0.1) is 12.8 Å². The minimum absolute atomic E-state index is 0.122. The number of ether oxygens (including phenoxy) is 2. The van der Waals surface area contributed by atoms with Gasteiger partial charge in [0.25, 0.3) is 0 Å². The van der Waals surface area contributed by atoms with Crippen LogP contribution in [0.4, 0.5) is 4.79 Å². The molecule has 192 valence electrons. The second kappa shape index (κ2) is 12.3. The summed E-state index contributed by atoms with van der Waals surface area (Å²) < 4.78 is 11.2. The van der Waals surface area contributed by atoms with Gasteiger partial charge in [-0.15, -0.1) is 0 Å². The van der Waals surface area contributed by atoms with E-state index in [-0.39, 0.29) is 19.0 Å². The molecule has 0 radical (unpaired) electrons. The molecular weight excluding hydrogens is 470 g/mol. The van der Waals surface area contributed by atoms with Crippen LogP contribution in [0.25, 0.3) is 0 Å². The molecule has 1 saturated heterocycles. The lowest BCUT2D eigenvalue weighted by atomic mass is 9.95. The zero-order valence-corrected chi connectivity index (χ0v) is 20.8. The Kier molecular flexibility index (Phi) is 8.69. The summed E-state index contributed by atoms with van der Waals surface area (Å²) in [4.78, 5) is 40.6. The van der Waals surface area contributed by atoms with E-state index in [1.54, 1.807) is 41.3 Å². The largest absolute Gasteiger partial charge is 0.449 e. The lowest BCUT2D eigenvalue weighted by Crippen LogP contribution is -2.41. The minimum Gasteiger partial charge on any atom is -0.449 e. The first-order chi connectivity index (χ1) is 17.9. The van der Waals surface area contributed by atoms with Crippen LogP contribution in [0.1, 0.15) is 51.6 Å². The molecule has 37 heavy (non-hydrogen) atoms. The van der Waals surface area contributed by atoms with Crippen LogP contribution >= 0.6 is 0 Å². The molecule has 7 nitrogen and oxygen atoms in total. The van der Waals surface area contributed by atoms with Gasteiger partial charge in [0, 0.05) is 24.2 Å². The number of Topliss-reactive ketones (excluding diaryl/α,β-unsaturated/α-hetero) is 1. The summed E-state index contributed by atoms with van der Waals surface area (Å²) in [6.45, 7) is 2.77. The van der Waals surface area contributed by atoms with Crippen molar-refractivity contribution in [2.75, 3.05) is 13.1 Å². The fraction of sp³-hybridized carbons (Fsp3) is 0.300. The highest BCUT2D eigenvalue weighted by Crippen LogP contribution is 2.27. The van der Waals surface area contributed by atoms with E-state index < -0.39 is 24.1 Å². The van der Waals surface area contributed by atoms with E-state index in [1.165, 1.54) is 0 Å². The van der Waals surface area contributed by atoms with E-state index in [2.05, 4.69) is 0 Å². The van der Waals surface area contributed by atoms with Crippen LogP contribution in [0.3, 0.4) is 0 Å². The Hall–Kier alpha value is -3.97. The fourth-order valence-electron chi connectivity index (χ4n) is 4.26. The van der Waals surface area contributed by atoms with Crippen molar-refractivity contribution in [1.82, 2.24) is 4.90 Å². The third kappa shape index (κ3) is 6.83. The van der Waals surface area contributed by atoms with Crippen LogP contribution in [-0.4, -0.2) is 40.9 Å². The molecule has 1 atom stereocenters. The number of aliphatic hydroxyl groups is 1. The number of nitrogens with zero attached hydrogens (tertiary/aromatic N) is 1. The Balaban J connectivity index is 1.38. The van der Waals surface area contributed by atoms with Crippen molar-refractivity contribution in [2.24, 2.45) is 5.92 Å². The summed E-state index contributed by atoms with van der Waals surface area (Å²) in [6, 6.07) is 23.4. The zero-order chi connectivity index (χ0) is 26.2. The molecule has 1 unspecified atom stereocenters. The highest BCUT2D eigenvalue weighted by Gasteiger charge is 2.33. The topological polar surface area (TPSA) is 93.1 Å². The maximum absolute atomic E-state index is 13.4. The van der Waals surface area contributed by atoms with E-state index in [1.807, 2.05) is 49.4 Å². The summed E-state index contributed by atoms with van der Waals surface area (Å²) >= 11 is 0. The van der Waals surface area contributed by atoms with Gasteiger partial charge >= 0.3 is 12.1 Å². The van der Waals surface area contributed by atoms with Crippen molar-refractivity contribution in [3.05, 3.63) is 107 Å². The van der Waals surface area contributed by atoms with E-state index in [4.69, 9.17) is 9.47 Å². The van der Waals surface area contributed by atoms with Gasteiger partial charge in [0.2, 0.25) is 5.78 Å². The number of piperidine rings is 1. The number of rotatable bonds is 8. The van der Waals surface area contributed by atoms with Gasteiger partial charge in [0.15, 0.2) is 6.10 Å². The molecule has 1 aliphatic heterocycles. The quantitative estimate of drug-likeness (QED) is 0.345. The van der Waals surface area contributed by atoms with Crippen LogP contribution in [0.2, 0.25) is 0 Å². The Morgan fingerprint density at radius 1 is 0.892 bits per heavy atom. The molecule has 1 heterocycles. The molecule has 1 fully saturated rings. The molecule has 4 rings (SSSR count). The summed E-state index contributed by atoms with van der Waals surface area (Å²) in [6.07, 6.45) is -0.630. The van der Waals surface area contributed by atoms with E-state index in [0.717, 1.165) is 11.1 Å². The molecule has 1 N–H and O–H groups in total. The molecule has 0 aromatic heterocycles. The second-order valence-corrected chi connectivity index (χ2v) is 9.25. The number of amides is 1. The van der Waals surface area contributed by atoms with Crippen molar-refractivity contribution < 1.29 is 29.0 Å². The van der Waals surface area contributed by atoms with Crippen LogP contribution in [0.5, 0.6) is 0 Å². The summed E-state index contributed by atoms with van der Waals surface area (Å²) in [5.74, 6) is -1.21. The normalized spacial score (nSPS) is 14.6. The predicted octanol–water partition coefficient (Wildman–Crippen LogP) is 5.00. The summed E-state index contributed by atoms with van der Waals surface area (Å²) in [7, 11) is 0. The molecule has 3 aromatic rings. The number of carbonyl (C=O) groups excluding carboxylic acids is 3. The highest BCUT2D eigenvalue weighted by molar-refractivity contribution is 6.01. The molecule has 3 aromatic carbocycles. The molecule has 1 aliphatic rings. The average Bonchev–Trinajstić information content (AvgIpc) is 2.95. The lowest BCUT2D eigenvalue weighted by molar-refractivity contribution is -0.153. The van der Waals surface area contributed by atoms with Gasteiger partial charge in [-0.3, -0.25) is 9.59 Å². The van der Waals surface area contributed by atoms with Gasteiger partial charge in [0.1, 0.15) is 6.61 Å². The first-order valence-electron chi connectivity index (χ1n) is 12.4. The molecule has 0 aliphatic carbocycles. The lowest BCUT2D eigenvalue weighted by Gasteiger charge is -2.31. The standard InChI is InChI=1S/C30H31NO6/c1-21-7-11-25(12-8-21)28(27(33)24-13-9-22(19-32)10-14-24)37-29(34)26-15-17-31(18-16-26)30(35)36-20-23-5-3-2-4-6-23/h2-14,26,28,32H,15-20H2,1H3. The number of hydrogen-bond acceptors (Lipinski definition) is 6. The molecule has 1 amide bonds. The van der Waals surface area contributed by atoms with Crippen molar-refractivity contribution in [3.63, 3.8) is 0 Å². The Morgan fingerprint density at radius 2 is 1.54 bits per heavy atom. The molecular formula is C30H31NO6. The van der Waals surface area contributed by atoms with Crippen molar-refractivity contribution in [2.45, 2.75) is 39.1 Å². The van der Waals surface area contributed by atoms with Crippen LogP contribution in [0.15, 0.2) is 78.9 Å². The first-order valence-corrected chi connectivity index (χ1v) is 12.4. The molecule has 0 bridgehead atoms. The monoisotopic (exact) mass is 501 g/mol. The van der Waals surface area contributed by atoms with Gasteiger partial charge < -0.3 is 19.5 Å². The Labute approximate surface area is 216 Å². The van der Waals surface area contributed by atoms with E-state index in [0.29, 0.717) is 42.6 Å². The Morgan fingerprint density at radius 3 is 2.16 bits per heavy atom. The van der Waals surface area contributed by atoms with Gasteiger partial charge in [-0.2, -0.15) is 0 Å². The third-order valence-corrected chi connectivity index (χ3v) is 6.56. The number of esters is 1. The van der Waals surface area contributed by atoms with Gasteiger partial charge in [-0.1, -0.05) is 84.4 Å². The van der Waals surface area contributed by atoms with Crippen molar-refractivity contribution in [3.8, 4) is 0 Å². The maximum Gasteiger partial charge on any atom is 0.410 e. The maximum atomic E-state index is 13.4. The molecule has 0 spiro atoms. The van der Waals surface area contributed by atoms with Gasteiger partial charge in [-0.05, 0) is 30.9 Å². The molecule has 0 saturated carbocycles. The first kappa shape index (κ1) is 26.1. The van der Waals surface area contributed by atoms with Gasteiger partial charge in [0.05, 0.1) is 12.5 Å². The summed E-state index contributed by atoms with van der Waals surface area (Å²) in [5.41, 5.74) is 3.62. The second-order valence-electron chi connectivity index (χ2n) is 9.25. The minimum atomic E-state index is -1.08. The van der Waals surface area contributed by atoms with E-state index >= 15 is 0 Å². The van der Waals surface area contributed by atoms with Crippen LogP contribution in [-0.2, 0) is 27.5 Å². The number of likely N-dealkylation sites (tertiary alicyclic amines) is 1. The number of aryl methyl sites for hydroxylation is 1. The average molecular weight is 502 g/mol. The van der Waals surface area contributed by atoms with E-state index in [9.17, 15) is 19.5 Å². The SMILES string of the molecule is Cc1ccc(C(OC(=O)C2CCN(C(=O)OCc3ccccc3)CC2)C(=O)c2ccc(CO)cc2)cc1. The van der Waals surface area contributed by atoms with Crippen LogP contribution < -0.4 is 0 Å². The number of carbonyl (C=O) groups is 3. The fourth-order valence-corrected chi connectivity index (χ4v) is 4.26. The highest BCUT2D eigenvalue weighted by atomic mass is 16.6. The predicted molar refractivity (Wildman–Crippen MR) is 138 cm³/mol. The Bertz CT molecular complexity index is 1200. The third-order valence-electron chi connectivity index (χ3n) is 6.56. The smallest absolute Gasteiger partial charge is 0.410 e. The zero-order valence-electron chi connectivity index (χ0n) is 20.8. The number of ketones is 1. The number of hydrogen-bond donors (Lipinski definition) is 1. The van der Waals surface area contributed by atoms with Crippen molar-refractivity contribution in [1.29, 1.82) is 0 Å². The number of aliphatic hydroxyl groups excluding tert-OH is 1. The summed E-state index contributed by atoms with van der Waals surface area (Å²) in [5, 5.41) is 9.29.